The predicted molar refractivity (Wildman–Crippen MR) is 114 cm³/mol. The number of oxime groups is 1. The first-order valence-electron chi connectivity index (χ1n) is 9.60. The second kappa shape index (κ2) is 8.86. The minimum Gasteiger partial charge on any atom is -0.497 e. The summed E-state index contributed by atoms with van der Waals surface area (Å²) in [5.74, 6) is -1.89. The molecule has 4 rings (SSSR count). The average molecular weight is 442 g/mol. The summed E-state index contributed by atoms with van der Waals surface area (Å²) in [6.07, 6.45) is 0.814. The van der Waals surface area contributed by atoms with Gasteiger partial charge in [0.1, 0.15) is 17.4 Å². The smallest absolute Gasteiger partial charge is 0.368 e. The van der Waals surface area contributed by atoms with E-state index in [-0.39, 0.29) is 17.4 Å². The van der Waals surface area contributed by atoms with Gasteiger partial charge in [0.15, 0.2) is 0 Å². The van der Waals surface area contributed by atoms with Crippen molar-refractivity contribution in [3.8, 4) is 5.75 Å². The number of hydrogen-bond donors (Lipinski definition) is 0. The van der Waals surface area contributed by atoms with Crippen LogP contribution in [0.15, 0.2) is 71.9 Å². The molecule has 0 aliphatic heterocycles. The fourth-order valence-electron chi connectivity index (χ4n) is 3.47. The lowest BCUT2D eigenvalue weighted by Gasteiger charge is -2.08. The summed E-state index contributed by atoms with van der Waals surface area (Å²) >= 11 is 5.98. The number of rotatable bonds is 6. The molecular weight excluding hydrogens is 424 g/mol. The van der Waals surface area contributed by atoms with Crippen molar-refractivity contribution in [2.45, 2.75) is 12.3 Å². The third-order valence-electron chi connectivity index (χ3n) is 5.20. The Morgan fingerprint density at radius 2 is 1.74 bits per heavy atom. The Bertz CT molecular complexity index is 1130. The van der Waals surface area contributed by atoms with Crippen molar-refractivity contribution >= 4 is 23.3 Å². The van der Waals surface area contributed by atoms with E-state index in [0.717, 1.165) is 29.7 Å². The van der Waals surface area contributed by atoms with Crippen molar-refractivity contribution in [1.82, 2.24) is 0 Å². The van der Waals surface area contributed by atoms with Gasteiger partial charge in [0.05, 0.1) is 18.4 Å². The molecule has 1 aliphatic carbocycles. The molecule has 1 saturated carbocycles. The van der Waals surface area contributed by atoms with Crippen molar-refractivity contribution in [2.75, 3.05) is 7.11 Å². The number of halogens is 3. The summed E-state index contributed by atoms with van der Waals surface area (Å²) < 4.78 is 32.2. The van der Waals surface area contributed by atoms with Gasteiger partial charge in [0.2, 0.25) is 0 Å². The molecule has 0 amide bonds. The number of benzene rings is 3. The fraction of sp³-hybridized carbons (Fsp3) is 0.167. The highest BCUT2D eigenvalue weighted by atomic mass is 35.5. The molecule has 2 unspecified atom stereocenters. The van der Waals surface area contributed by atoms with Gasteiger partial charge in [-0.3, -0.25) is 0 Å². The largest absolute Gasteiger partial charge is 0.497 e. The number of carbonyl (C=O) groups is 1. The van der Waals surface area contributed by atoms with Crippen LogP contribution in [0.5, 0.6) is 5.75 Å². The van der Waals surface area contributed by atoms with Gasteiger partial charge in [0.25, 0.3) is 0 Å². The molecule has 7 heteroatoms. The van der Waals surface area contributed by atoms with Gasteiger partial charge in [-0.2, -0.15) is 0 Å². The summed E-state index contributed by atoms with van der Waals surface area (Å²) in [5, 5.41) is 4.74. The number of ether oxygens (including phenoxy) is 1. The molecule has 3 aromatic carbocycles. The molecule has 31 heavy (non-hydrogen) atoms. The van der Waals surface area contributed by atoms with Crippen molar-refractivity contribution in [3.63, 3.8) is 0 Å². The van der Waals surface area contributed by atoms with Crippen molar-refractivity contribution < 1.29 is 23.1 Å². The standard InChI is InChI=1S/C24H18ClF2NO3/c1-30-18-9-4-15(5-10-18)23(21-13-20(21)14-2-6-16(25)7-3-14)28-31-24(29)19-11-8-17(26)12-22(19)27/h2-12,20-21H,13H2,1H3/b28-23+. The molecule has 0 radical (unpaired) electrons. The molecule has 1 aliphatic rings. The van der Waals surface area contributed by atoms with Crippen LogP contribution in [0.25, 0.3) is 0 Å². The molecule has 2 atom stereocenters. The zero-order valence-electron chi connectivity index (χ0n) is 16.5. The predicted octanol–water partition coefficient (Wildman–Crippen LogP) is 5.99. The molecule has 0 N–H and O–H groups in total. The topological polar surface area (TPSA) is 47.9 Å². The maximum atomic E-state index is 13.9. The van der Waals surface area contributed by atoms with Crippen LogP contribution in [0.3, 0.4) is 0 Å². The molecule has 0 saturated heterocycles. The number of carbonyl (C=O) groups excluding carboxylic acids is 1. The quantitative estimate of drug-likeness (QED) is 0.268. The van der Waals surface area contributed by atoms with Crippen molar-refractivity contribution in [3.05, 3.63) is 100 Å². The zero-order chi connectivity index (χ0) is 22.0. The Morgan fingerprint density at radius 1 is 1.03 bits per heavy atom. The molecule has 0 aromatic heterocycles. The highest BCUT2D eigenvalue weighted by molar-refractivity contribution is 6.30. The third-order valence-corrected chi connectivity index (χ3v) is 5.46. The maximum absolute atomic E-state index is 13.9. The van der Waals surface area contributed by atoms with Gasteiger partial charge in [-0.15, -0.1) is 0 Å². The van der Waals surface area contributed by atoms with E-state index in [1.165, 1.54) is 0 Å². The summed E-state index contributed by atoms with van der Waals surface area (Å²) in [6.45, 7) is 0. The monoisotopic (exact) mass is 441 g/mol. The zero-order valence-corrected chi connectivity index (χ0v) is 17.3. The number of hydrogen-bond acceptors (Lipinski definition) is 4. The van der Waals surface area contributed by atoms with E-state index >= 15 is 0 Å². The first-order valence-corrected chi connectivity index (χ1v) is 9.98. The Hall–Kier alpha value is -3.25. The van der Waals surface area contributed by atoms with Crippen molar-refractivity contribution in [2.24, 2.45) is 11.1 Å². The van der Waals surface area contributed by atoms with Gasteiger partial charge in [0, 0.05) is 17.0 Å². The van der Waals surface area contributed by atoms with Crippen LogP contribution in [0, 0.1) is 17.6 Å². The summed E-state index contributed by atoms with van der Waals surface area (Å²) in [5.41, 5.74) is 2.05. The van der Waals surface area contributed by atoms with E-state index in [2.05, 4.69) is 5.16 Å². The Balaban J connectivity index is 1.60. The summed E-state index contributed by atoms with van der Waals surface area (Å²) in [7, 11) is 1.57. The second-order valence-electron chi connectivity index (χ2n) is 7.21. The molecule has 3 aromatic rings. The molecule has 0 spiro atoms. The Kier molecular flexibility index (Phi) is 6.00. The van der Waals surface area contributed by atoms with E-state index in [4.69, 9.17) is 21.2 Å². The van der Waals surface area contributed by atoms with Crippen LogP contribution < -0.4 is 4.74 Å². The number of methoxy groups -OCH3 is 1. The molecule has 4 nitrogen and oxygen atoms in total. The molecule has 0 heterocycles. The summed E-state index contributed by atoms with van der Waals surface area (Å²) in [6, 6.07) is 17.4. The first-order chi connectivity index (χ1) is 15.0. The van der Waals surface area contributed by atoms with Crippen LogP contribution >= 0.6 is 11.6 Å². The van der Waals surface area contributed by atoms with E-state index in [1.54, 1.807) is 19.2 Å². The van der Waals surface area contributed by atoms with E-state index in [1.807, 2.05) is 36.4 Å². The van der Waals surface area contributed by atoms with Crippen LogP contribution in [0.4, 0.5) is 8.78 Å². The lowest BCUT2D eigenvalue weighted by atomic mass is 10.0. The molecule has 1 fully saturated rings. The van der Waals surface area contributed by atoms with Crippen LogP contribution in [0.2, 0.25) is 5.02 Å². The second-order valence-corrected chi connectivity index (χ2v) is 7.64. The SMILES string of the molecule is COc1ccc(/C(=N\OC(=O)c2ccc(F)cc2F)C2CC2c2ccc(Cl)cc2)cc1. The van der Waals surface area contributed by atoms with Crippen LogP contribution in [0.1, 0.15) is 33.8 Å². The fourth-order valence-corrected chi connectivity index (χ4v) is 3.59. The van der Waals surface area contributed by atoms with Crippen LogP contribution in [-0.2, 0) is 4.84 Å². The van der Waals surface area contributed by atoms with Gasteiger partial charge < -0.3 is 9.57 Å². The van der Waals surface area contributed by atoms with Gasteiger partial charge in [-0.25, -0.2) is 13.6 Å². The lowest BCUT2D eigenvalue weighted by molar-refractivity contribution is 0.0510. The first kappa shape index (κ1) is 21.0. The average Bonchev–Trinajstić information content (AvgIpc) is 3.55. The van der Waals surface area contributed by atoms with E-state index in [9.17, 15) is 13.6 Å². The van der Waals surface area contributed by atoms with Gasteiger partial charge in [-0.1, -0.05) is 28.9 Å². The summed E-state index contributed by atoms with van der Waals surface area (Å²) in [4.78, 5) is 17.4. The molecule has 158 valence electrons. The van der Waals surface area contributed by atoms with Gasteiger partial charge in [-0.05, 0) is 72.0 Å². The Labute approximate surface area is 183 Å². The van der Waals surface area contributed by atoms with Gasteiger partial charge >= 0.3 is 5.97 Å². The normalized spacial score (nSPS) is 17.9. The maximum Gasteiger partial charge on any atom is 0.368 e. The minimum atomic E-state index is -1.00. The Morgan fingerprint density at radius 3 is 2.39 bits per heavy atom. The minimum absolute atomic E-state index is 0.0143. The third kappa shape index (κ3) is 4.75. The highest BCUT2D eigenvalue weighted by Gasteiger charge is 2.43. The molecular formula is C24H18ClF2NO3. The lowest BCUT2D eigenvalue weighted by Crippen LogP contribution is -2.10. The van der Waals surface area contributed by atoms with Crippen molar-refractivity contribution in [1.29, 1.82) is 0 Å². The molecule has 0 bridgehead atoms. The highest BCUT2D eigenvalue weighted by Crippen LogP contribution is 2.49. The number of nitrogens with zero attached hydrogens (tertiary/aromatic N) is 1. The van der Waals surface area contributed by atoms with E-state index < -0.39 is 17.6 Å². The van der Waals surface area contributed by atoms with E-state index in [0.29, 0.717) is 22.6 Å². The van der Waals surface area contributed by atoms with Crippen LogP contribution in [-0.4, -0.2) is 18.8 Å².